The van der Waals surface area contributed by atoms with Crippen LogP contribution < -0.4 is 5.32 Å². The number of hydrogen-bond donors (Lipinski definition) is 1. The highest BCUT2D eigenvalue weighted by Crippen LogP contribution is 2.20. The molecular weight excluding hydrogens is 370 g/mol. The van der Waals surface area contributed by atoms with Gasteiger partial charge in [-0.05, 0) is 23.2 Å². The third-order valence-electron chi connectivity index (χ3n) is 3.09. The van der Waals surface area contributed by atoms with Crippen LogP contribution in [0.4, 0.5) is 5.69 Å². The number of hydrogen-bond acceptors (Lipinski definition) is 3. The highest BCUT2D eigenvalue weighted by atomic mass is 79.9. The predicted molar refractivity (Wildman–Crippen MR) is 99.0 cm³/mol. The van der Waals surface area contributed by atoms with Crippen molar-refractivity contribution in [2.45, 2.75) is 0 Å². The van der Waals surface area contributed by atoms with Gasteiger partial charge in [0.2, 0.25) is 0 Å². The molecule has 2 rings (SSSR count). The highest BCUT2D eigenvalue weighted by molar-refractivity contribution is 9.10. The minimum absolute atomic E-state index is 0.236. The van der Waals surface area contributed by atoms with Gasteiger partial charge >= 0.3 is 0 Å². The molecule has 0 aliphatic carbocycles. The predicted octanol–water partition coefficient (Wildman–Crippen LogP) is 4.60. The van der Waals surface area contributed by atoms with E-state index in [0.29, 0.717) is 11.3 Å². The maximum Gasteiger partial charge on any atom is 0.269 e. The van der Waals surface area contributed by atoms with E-state index in [1.165, 1.54) is 6.21 Å². The maximum atomic E-state index is 12.1. The van der Waals surface area contributed by atoms with Crippen molar-refractivity contribution in [1.29, 1.82) is 0 Å². The van der Waals surface area contributed by atoms with E-state index in [2.05, 4.69) is 36.3 Å². The van der Waals surface area contributed by atoms with Gasteiger partial charge in [0.1, 0.15) is 5.70 Å². The van der Waals surface area contributed by atoms with Gasteiger partial charge in [0.15, 0.2) is 0 Å². The number of carbonyl (C=O) groups is 1. The van der Waals surface area contributed by atoms with E-state index in [9.17, 15) is 4.79 Å². The smallest absolute Gasteiger partial charge is 0.269 e. The van der Waals surface area contributed by atoms with E-state index in [4.69, 9.17) is 5.53 Å². The van der Waals surface area contributed by atoms with E-state index in [1.807, 2.05) is 24.3 Å². The van der Waals surface area contributed by atoms with Crippen molar-refractivity contribution in [3.05, 3.63) is 80.3 Å². The zero-order valence-electron chi connectivity index (χ0n) is 12.8. The van der Waals surface area contributed by atoms with Gasteiger partial charge in [0.25, 0.3) is 5.91 Å². The Morgan fingerprint density at radius 1 is 1.17 bits per heavy atom. The van der Waals surface area contributed by atoms with Crippen LogP contribution in [0.1, 0.15) is 11.1 Å². The number of likely N-dealkylation sites (N-methyl/N-ethyl adjacent to an activating group) is 1. The summed E-state index contributed by atoms with van der Waals surface area (Å²) in [5, 5.41) is 6.17. The summed E-state index contributed by atoms with van der Waals surface area (Å²) >= 11 is 3.44. The molecule has 1 amide bonds. The van der Waals surface area contributed by atoms with E-state index in [1.54, 1.807) is 37.4 Å². The van der Waals surface area contributed by atoms with Gasteiger partial charge in [-0.25, -0.2) is 0 Å². The van der Waals surface area contributed by atoms with Crippen molar-refractivity contribution in [3.8, 4) is 0 Å². The molecule has 24 heavy (non-hydrogen) atoms. The molecule has 0 bridgehead atoms. The molecule has 0 unspecified atom stereocenters. The molecule has 0 fully saturated rings. The normalized spacial score (nSPS) is 11.2. The minimum atomic E-state index is -0.316. The molecule has 0 atom stereocenters. The van der Waals surface area contributed by atoms with Crippen molar-refractivity contribution >= 4 is 39.8 Å². The van der Waals surface area contributed by atoms with E-state index in [-0.39, 0.29) is 11.6 Å². The number of rotatable bonds is 5. The highest BCUT2D eigenvalue weighted by Gasteiger charge is 2.07. The van der Waals surface area contributed by atoms with Gasteiger partial charge in [-0.2, -0.15) is 0 Å². The Kier molecular flexibility index (Phi) is 6.31. The number of aliphatic imine (C=N–C) groups is 1. The number of halogens is 1. The average Bonchev–Trinajstić information content (AvgIpc) is 2.61. The third kappa shape index (κ3) is 4.55. The van der Waals surface area contributed by atoms with Crippen LogP contribution in [-0.2, 0) is 4.79 Å². The molecule has 0 saturated carbocycles. The number of carbonyl (C=O) groups excluding carboxylic acids is 1. The molecule has 6 nitrogen and oxygen atoms in total. The molecule has 0 spiro atoms. The average molecular weight is 384 g/mol. The summed E-state index contributed by atoms with van der Waals surface area (Å²) in [6, 6.07) is 14.5. The first kappa shape index (κ1) is 17.5. The molecule has 0 aromatic heterocycles. The van der Waals surface area contributed by atoms with Crippen molar-refractivity contribution < 1.29 is 4.79 Å². The van der Waals surface area contributed by atoms with Crippen LogP contribution in [-0.4, -0.2) is 19.2 Å². The fraction of sp³-hybridized carbons (Fsp3) is 0.0588. The largest absolute Gasteiger partial charge is 0.354 e. The SMILES string of the molecule is CNC(=O)/C(=C/c1ccccc1Br)N=Cc1ccccc1N=[N+]=[N-]. The number of amides is 1. The molecule has 2 aromatic rings. The lowest BCUT2D eigenvalue weighted by Gasteiger charge is -2.03. The second kappa shape index (κ2) is 8.67. The van der Waals surface area contributed by atoms with Crippen molar-refractivity contribution in [3.63, 3.8) is 0 Å². The second-order valence-electron chi connectivity index (χ2n) is 4.64. The molecule has 0 heterocycles. The number of nitrogens with zero attached hydrogens (tertiary/aromatic N) is 4. The van der Waals surface area contributed by atoms with Crippen molar-refractivity contribution in [2.75, 3.05) is 7.05 Å². The summed E-state index contributed by atoms with van der Waals surface area (Å²) < 4.78 is 0.857. The summed E-state index contributed by atoms with van der Waals surface area (Å²) in [4.78, 5) is 19.1. The zero-order chi connectivity index (χ0) is 17.4. The van der Waals surface area contributed by atoms with Crippen LogP contribution in [0.3, 0.4) is 0 Å². The molecule has 0 aliphatic heterocycles. The number of azide groups is 1. The summed E-state index contributed by atoms with van der Waals surface area (Å²) in [6.45, 7) is 0. The van der Waals surface area contributed by atoms with Crippen molar-refractivity contribution in [2.24, 2.45) is 10.1 Å². The minimum Gasteiger partial charge on any atom is -0.354 e. The fourth-order valence-electron chi connectivity index (χ4n) is 1.90. The molecule has 120 valence electrons. The lowest BCUT2D eigenvalue weighted by Crippen LogP contribution is -2.19. The Bertz CT molecular complexity index is 854. The Morgan fingerprint density at radius 2 is 1.83 bits per heavy atom. The molecular formula is C17H14BrN5O. The van der Waals surface area contributed by atoms with E-state index < -0.39 is 0 Å². The maximum absolute atomic E-state index is 12.1. The van der Waals surface area contributed by atoms with Crippen LogP contribution in [0.25, 0.3) is 16.5 Å². The standard InChI is InChI=1S/C17H14BrN5O/c1-20-17(24)16(10-12-6-2-4-8-14(12)18)21-11-13-7-3-5-9-15(13)22-23-19/h2-11H,1H3,(H,20,24)/b16-10-,21-11?. The summed E-state index contributed by atoms with van der Waals surface area (Å²) in [6.07, 6.45) is 3.18. The molecule has 0 radical (unpaired) electrons. The van der Waals surface area contributed by atoms with Gasteiger partial charge in [-0.1, -0.05) is 63.5 Å². The van der Waals surface area contributed by atoms with E-state index >= 15 is 0 Å². The molecule has 1 N–H and O–H groups in total. The monoisotopic (exact) mass is 383 g/mol. The first-order valence-electron chi connectivity index (χ1n) is 7.02. The number of nitrogens with one attached hydrogen (secondary N) is 1. The van der Waals surface area contributed by atoms with Gasteiger partial charge in [0, 0.05) is 33.9 Å². The van der Waals surface area contributed by atoms with Crippen LogP contribution >= 0.6 is 15.9 Å². The third-order valence-corrected chi connectivity index (χ3v) is 3.81. The summed E-state index contributed by atoms with van der Waals surface area (Å²) in [5.74, 6) is -0.316. The van der Waals surface area contributed by atoms with Gasteiger partial charge in [-0.15, -0.1) is 0 Å². The Morgan fingerprint density at radius 3 is 2.50 bits per heavy atom. The van der Waals surface area contributed by atoms with Gasteiger partial charge in [-0.3, -0.25) is 9.79 Å². The van der Waals surface area contributed by atoms with Crippen LogP contribution in [0.5, 0.6) is 0 Å². The Hall–Kier alpha value is -2.89. The molecule has 2 aromatic carbocycles. The first-order valence-corrected chi connectivity index (χ1v) is 7.81. The van der Waals surface area contributed by atoms with Crippen LogP contribution in [0.15, 0.2) is 68.8 Å². The van der Waals surface area contributed by atoms with Crippen molar-refractivity contribution in [1.82, 2.24) is 5.32 Å². The van der Waals surface area contributed by atoms with Gasteiger partial charge in [0.05, 0.1) is 0 Å². The Balaban J connectivity index is 2.42. The topological polar surface area (TPSA) is 90.2 Å². The second-order valence-corrected chi connectivity index (χ2v) is 5.49. The first-order chi connectivity index (χ1) is 11.7. The zero-order valence-corrected chi connectivity index (χ0v) is 14.4. The fourth-order valence-corrected chi connectivity index (χ4v) is 2.30. The summed E-state index contributed by atoms with van der Waals surface area (Å²) in [7, 11) is 1.54. The van der Waals surface area contributed by atoms with Gasteiger partial charge < -0.3 is 5.32 Å². The lowest BCUT2D eigenvalue weighted by molar-refractivity contribution is -0.116. The van der Waals surface area contributed by atoms with E-state index in [0.717, 1.165) is 10.0 Å². The molecule has 7 heteroatoms. The quantitative estimate of drug-likeness (QED) is 0.264. The summed E-state index contributed by atoms with van der Waals surface area (Å²) in [5.41, 5.74) is 10.7. The van der Waals surface area contributed by atoms with Crippen LogP contribution in [0.2, 0.25) is 0 Å². The molecule has 0 aliphatic rings. The Labute approximate surface area is 147 Å². The lowest BCUT2D eigenvalue weighted by atomic mass is 10.2. The number of benzene rings is 2. The molecule has 0 saturated heterocycles. The van der Waals surface area contributed by atoms with Crippen LogP contribution in [0, 0.1) is 0 Å².